The number of carbonyl (C=O) groups excluding carboxylic acids is 1. The molecule has 1 aliphatic heterocycles. The monoisotopic (exact) mass is 320 g/mol. The Morgan fingerprint density at radius 2 is 2.27 bits per heavy atom. The summed E-state index contributed by atoms with van der Waals surface area (Å²) in [6.45, 7) is 3.91. The van der Waals surface area contributed by atoms with Crippen molar-refractivity contribution in [3.05, 3.63) is 29.8 Å². The third-order valence-corrected chi connectivity index (χ3v) is 4.55. The first-order valence-corrected chi connectivity index (χ1v) is 8.54. The molecule has 2 atom stereocenters. The Labute approximate surface area is 133 Å². The lowest BCUT2D eigenvalue weighted by atomic mass is 9.96. The molecule has 1 heterocycles. The molecule has 0 fully saturated rings. The van der Waals surface area contributed by atoms with Crippen molar-refractivity contribution in [3.63, 3.8) is 0 Å². The van der Waals surface area contributed by atoms with Crippen molar-refractivity contribution >= 4 is 28.4 Å². The highest BCUT2D eigenvalue weighted by molar-refractivity contribution is 7.90. The molecule has 6 heteroatoms. The molecule has 118 valence electrons. The van der Waals surface area contributed by atoms with Crippen molar-refractivity contribution in [2.45, 2.75) is 25.2 Å². The van der Waals surface area contributed by atoms with Gasteiger partial charge in [0.05, 0.1) is 12.8 Å². The predicted molar refractivity (Wildman–Crippen MR) is 88.3 cm³/mol. The molecular formula is C16H20N2O3S. The molecule has 1 aromatic carbocycles. The van der Waals surface area contributed by atoms with Crippen LogP contribution in [0.5, 0.6) is 5.75 Å². The van der Waals surface area contributed by atoms with Gasteiger partial charge < -0.3 is 9.29 Å². The van der Waals surface area contributed by atoms with Crippen LogP contribution in [0, 0.1) is 5.92 Å². The molecule has 2 rings (SSSR count). The van der Waals surface area contributed by atoms with E-state index in [1.807, 2.05) is 32.1 Å². The molecule has 0 aromatic heterocycles. The SMILES string of the molecule is COc1ccc(C(C)=CC2=NNC(=O)CC2C)c([S+](C)[O-])c1. The summed E-state index contributed by atoms with van der Waals surface area (Å²) < 4.78 is 17.2. The van der Waals surface area contributed by atoms with Crippen LogP contribution < -0.4 is 10.2 Å². The largest absolute Gasteiger partial charge is 0.612 e. The van der Waals surface area contributed by atoms with E-state index < -0.39 is 11.2 Å². The van der Waals surface area contributed by atoms with Crippen LogP contribution in [0.25, 0.3) is 5.57 Å². The summed E-state index contributed by atoms with van der Waals surface area (Å²) in [4.78, 5) is 12.0. The summed E-state index contributed by atoms with van der Waals surface area (Å²) in [5, 5.41) is 4.11. The first-order chi connectivity index (χ1) is 10.4. The smallest absolute Gasteiger partial charge is 0.240 e. The van der Waals surface area contributed by atoms with Crippen LogP contribution >= 0.6 is 0 Å². The van der Waals surface area contributed by atoms with E-state index >= 15 is 0 Å². The van der Waals surface area contributed by atoms with Crippen LogP contribution in [0.15, 0.2) is 34.3 Å². The van der Waals surface area contributed by atoms with E-state index in [0.717, 1.165) is 21.7 Å². The molecule has 1 aromatic rings. The van der Waals surface area contributed by atoms with Gasteiger partial charge in [0.15, 0.2) is 4.90 Å². The number of rotatable bonds is 4. The molecule has 2 unspecified atom stereocenters. The Morgan fingerprint density at radius 3 is 2.86 bits per heavy atom. The first kappa shape index (κ1) is 16.6. The zero-order valence-electron chi connectivity index (χ0n) is 13.2. The Bertz CT molecular complexity index is 638. The van der Waals surface area contributed by atoms with Crippen molar-refractivity contribution in [1.29, 1.82) is 0 Å². The van der Waals surface area contributed by atoms with Crippen molar-refractivity contribution in [2.24, 2.45) is 11.0 Å². The summed E-state index contributed by atoms with van der Waals surface area (Å²) in [7, 11) is 1.58. The third kappa shape index (κ3) is 3.69. The van der Waals surface area contributed by atoms with Crippen molar-refractivity contribution in [2.75, 3.05) is 13.4 Å². The zero-order chi connectivity index (χ0) is 16.3. The highest BCUT2D eigenvalue weighted by atomic mass is 32.2. The number of hydrazone groups is 1. The molecule has 1 amide bonds. The molecular weight excluding hydrogens is 300 g/mol. The minimum Gasteiger partial charge on any atom is -0.612 e. The fourth-order valence-corrected chi connectivity index (χ4v) is 3.15. The summed E-state index contributed by atoms with van der Waals surface area (Å²) in [6.07, 6.45) is 4.01. The second-order valence-electron chi connectivity index (χ2n) is 5.32. The van der Waals surface area contributed by atoms with Gasteiger partial charge in [-0.1, -0.05) is 6.92 Å². The number of hydrogen-bond donors (Lipinski definition) is 1. The number of nitrogens with one attached hydrogen (secondary N) is 1. The average molecular weight is 320 g/mol. The van der Waals surface area contributed by atoms with Crippen LogP contribution in [-0.4, -0.2) is 29.5 Å². The topological polar surface area (TPSA) is 73.8 Å². The molecule has 0 spiro atoms. The zero-order valence-corrected chi connectivity index (χ0v) is 14.0. The van der Waals surface area contributed by atoms with Gasteiger partial charge in [-0.15, -0.1) is 0 Å². The van der Waals surface area contributed by atoms with Gasteiger partial charge in [-0.25, -0.2) is 5.43 Å². The number of nitrogens with zero attached hydrogens (tertiary/aromatic N) is 1. The van der Waals surface area contributed by atoms with E-state index in [-0.39, 0.29) is 11.8 Å². The Kier molecular flexibility index (Phi) is 5.26. The molecule has 0 bridgehead atoms. The predicted octanol–water partition coefficient (Wildman–Crippen LogP) is 2.35. The van der Waals surface area contributed by atoms with Gasteiger partial charge in [-0.3, -0.25) is 4.79 Å². The fourth-order valence-electron chi connectivity index (χ4n) is 2.33. The molecule has 0 aliphatic carbocycles. The molecule has 0 radical (unpaired) electrons. The Morgan fingerprint density at radius 1 is 1.55 bits per heavy atom. The summed E-state index contributed by atoms with van der Waals surface area (Å²) >= 11 is -1.12. The normalized spacial score (nSPS) is 20.2. The average Bonchev–Trinajstić information content (AvgIpc) is 2.49. The van der Waals surface area contributed by atoms with Gasteiger partial charge in [0, 0.05) is 24.0 Å². The van der Waals surface area contributed by atoms with E-state index in [1.54, 1.807) is 19.4 Å². The number of amides is 1. The van der Waals surface area contributed by atoms with Crippen molar-refractivity contribution in [1.82, 2.24) is 5.43 Å². The maximum Gasteiger partial charge on any atom is 0.240 e. The lowest BCUT2D eigenvalue weighted by molar-refractivity contribution is -0.121. The van der Waals surface area contributed by atoms with Crippen molar-refractivity contribution in [3.8, 4) is 5.75 Å². The highest BCUT2D eigenvalue weighted by Crippen LogP contribution is 2.28. The van der Waals surface area contributed by atoms with Crippen LogP contribution in [0.2, 0.25) is 0 Å². The summed E-state index contributed by atoms with van der Waals surface area (Å²) in [6, 6.07) is 5.53. The van der Waals surface area contributed by atoms with E-state index in [1.165, 1.54) is 0 Å². The number of benzene rings is 1. The van der Waals surface area contributed by atoms with E-state index in [4.69, 9.17) is 4.74 Å². The fraction of sp³-hybridized carbons (Fsp3) is 0.375. The van der Waals surface area contributed by atoms with E-state index in [2.05, 4.69) is 10.5 Å². The first-order valence-electron chi connectivity index (χ1n) is 6.99. The maximum atomic E-state index is 12.0. The summed E-state index contributed by atoms with van der Waals surface area (Å²) in [5.74, 6) is 0.678. The van der Waals surface area contributed by atoms with Gasteiger partial charge >= 0.3 is 0 Å². The van der Waals surface area contributed by atoms with Gasteiger partial charge in [0.2, 0.25) is 5.91 Å². The van der Waals surface area contributed by atoms with E-state index in [0.29, 0.717) is 12.2 Å². The summed E-state index contributed by atoms with van der Waals surface area (Å²) in [5.41, 5.74) is 5.17. The lowest BCUT2D eigenvalue weighted by Crippen LogP contribution is -2.30. The molecule has 5 nitrogen and oxygen atoms in total. The van der Waals surface area contributed by atoms with Gasteiger partial charge in [0.25, 0.3) is 0 Å². The van der Waals surface area contributed by atoms with Gasteiger partial charge in [0.1, 0.15) is 12.0 Å². The van der Waals surface area contributed by atoms with E-state index in [9.17, 15) is 9.35 Å². The molecule has 0 saturated carbocycles. The number of hydrogen-bond acceptors (Lipinski definition) is 4. The molecule has 22 heavy (non-hydrogen) atoms. The number of carbonyl (C=O) groups is 1. The van der Waals surface area contributed by atoms with Crippen LogP contribution in [0.1, 0.15) is 25.8 Å². The molecule has 1 aliphatic rings. The van der Waals surface area contributed by atoms with Crippen LogP contribution in [0.3, 0.4) is 0 Å². The number of ether oxygens (including phenoxy) is 1. The van der Waals surface area contributed by atoms with Gasteiger partial charge in [-0.2, -0.15) is 5.10 Å². The van der Waals surface area contributed by atoms with Gasteiger partial charge in [-0.05, 0) is 41.9 Å². The molecule has 1 N–H and O–H groups in total. The Balaban J connectivity index is 2.38. The highest BCUT2D eigenvalue weighted by Gasteiger charge is 2.20. The Hall–Kier alpha value is -1.79. The third-order valence-electron chi connectivity index (χ3n) is 3.59. The second kappa shape index (κ2) is 6.98. The quantitative estimate of drug-likeness (QED) is 0.865. The number of methoxy groups -OCH3 is 1. The minimum atomic E-state index is -1.12. The lowest BCUT2D eigenvalue weighted by Gasteiger charge is -2.18. The van der Waals surface area contributed by atoms with Crippen molar-refractivity contribution < 1.29 is 14.1 Å². The van der Waals surface area contributed by atoms with Crippen LogP contribution in [0.4, 0.5) is 0 Å². The second-order valence-corrected chi connectivity index (χ2v) is 6.67. The van der Waals surface area contributed by atoms with Crippen LogP contribution in [-0.2, 0) is 16.0 Å². The molecule has 0 saturated heterocycles. The number of allylic oxidation sites excluding steroid dienone is 2. The maximum absolute atomic E-state index is 12.0. The minimum absolute atomic E-state index is 0.0672. The standard InChI is InChI=1S/C16H20N2O3S/c1-10(7-14-11(2)8-16(19)18-17-14)13-6-5-12(21-3)9-15(13)22(4)20/h5-7,9,11H,8H2,1-4H3,(H,18,19).